The minimum absolute atomic E-state index is 0.0600. The highest BCUT2D eigenvalue weighted by Crippen LogP contribution is 2.19. The highest BCUT2D eigenvalue weighted by molar-refractivity contribution is 5.92. The van der Waals surface area contributed by atoms with Crippen molar-refractivity contribution in [2.24, 2.45) is 0 Å². The molecule has 27 heavy (non-hydrogen) atoms. The molecule has 0 aromatic heterocycles. The molecule has 142 valence electrons. The minimum Gasteiger partial charge on any atom is -0.461 e. The number of carbonyl (C=O) groups excluding carboxylic acids is 2. The number of morpholine rings is 1. The third-order valence-electron chi connectivity index (χ3n) is 4.33. The second-order valence-corrected chi connectivity index (χ2v) is 6.34. The van der Waals surface area contributed by atoms with Crippen LogP contribution in [0.5, 0.6) is 0 Å². The van der Waals surface area contributed by atoms with Crippen molar-refractivity contribution in [3.05, 3.63) is 60.2 Å². The van der Waals surface area contributed by atoms with E-state index in [1.807, 2.05) is 54.6 Å². The predicted octanol–water partition coefficient (Wildman–Crippen LogP) is 2.99. The molecule has 0 aliphatic carbocycles. The molecule has 0 radical (unpaired) electrons. The topological polar surface area (TPSA) is 67.9 Å². The van der Waals surface area contributed by atoms with E-state index in [1.54, 1.807) is 0 Å². The zero-order chi connectivity index (χ0) is 18.9. The van der Waals surface area contributed by atoms with E-state index >= 15 is 0 Å². The van der Waals surface area contributed by atoms with Crippen molar-refractivity contribution in [1.29, 1.82) is 0 Å². The van der Waals surface area contributed by atoms with Crippen LogP contribution >= 0.6 is 0 Å². The fourth-order valence-electron chi connectivity index (χ4n) is 2.83. The molecule has 1 N–H and O–H groups in total. The summed E-state index contributed by atoms with van der Waals surface area (Å²) in [7, 11) is 0. The largest absolute Gasteiger partial charge is 0.461 e. The van der Waals surface area contributed by atoms with Crippen LogP contribution in [0.1, 0.15) is 18.4 Å². The summed E-state index contributed by atoms with van der Waals surface area (Å²) in [4.78, 5) is 26.1. The van der Waals surface area contributed by atoms with Crippen LogP contribution in [-0.2, 0) is 25.7 Å². The fourth-order valence-corrected chi connectivity index (χ4v) is 2.83. The lowest BCUT2D eigenvalue weighted by atomic mass is 10.2. The zero-order valence-electron chi connectivity index (χ0n) is 15.2. The summed E-state index contributed by atoms with van der Waals surface area (Å²) in [5.41, 5.74) is 2.76. The Labute approximate surface area is 159 Å². The van der Waals surface area contributed by atoms with Gasteiger partial charge in [0, 0.05) is 30.9 Å². The van der Waals surface area contributed by atoms with E-state index in [4.69, 9.17) is 9.47 Å². The number of esters is 1. The zero-order valence-corrected chi connectivity index (χ0v) is 15.2. The highest BCUT2D eigenvalue weighted by Gasteiger charge is 2.12. The molecule has 0 atom stereocenters. The van der Waals surface area contributed by atoms with Crippen LogP contribution in [0.4, 0.5) is 11.4 Å². The standard InChI is InChI=1S/C21H24N2O4/c24-20(10-11-21(25)27-16-17-4-2-1-3-5-17)22-18-6-8-19(9-7-18)23-12-14-26-15-13-23/h1-9H,10-16H2,(H,22,24). The first-order chi connectivity index (χ1) is 13.2. The number of carbonyl (C=O) groups is 2. The van der Waals surface area contributed by atoms with E-state index in [-0.39, 0.29) is 31.3 Å². The summed E-state index contributed by atoms with van der Waals surface area (Å²) >= 11 is 0. The molecule has 1 aliphatic rings. The van der Waals surface area contributed by atoms with Gasteiger partial charge in [-0.3, -0.25) is 9.59 Å². The van der Waals surface area contributed by atoms with Gasteiger partial charge < -0.3 is 19.7 Å². The molecule has 0 saturated carbocycles. The van der Waals surface area contributed by atoms with Gasteiger partial charge in [-0.1, -0.05) is 30.3 Å². The summed E-state index contributed by atoms with van der Waals surface area (Å²) in [6, 6.07) is 17.2. The normalized spacial score (nSPS) is 13.9. The molecule has 3 rings (SSSR count). The van der Waals surface area contributed by atoms with Crippen LogP contribution in [0.15, 0.2) is 54.6 Å². The van der Waals surface area contributed by atoms with Crippen LogP contribution < -0.4 is 10.2 Å². The number of nitrogens with zero attached hydrogens (tertiary/aromatic N) is 1. The first kappa shape index (κ1) is 18.9. The predicted molar refractivity (Wildman–Crippen MR) is 104 cm³/mol. The molecule has 1 fully saturated rings. The van der Waals surface area contributed by atoms with Crippen molar-refractivity contribution < 1.29 is 19.1 Å². The number of nitrogens with one attached hydrogen (secondary N) is 1. The molecule has 1 aliphatic heterocycles. The number of rotatable bonds is 7. The van der Waals surface area contributed by atoms with Crippen LogP contribution in [0.2, 0.25) is 0 Å². The van der Waals surface area contributed by atoms with Gasteiger partial charge in [0.15, 0.2) is 0 Å². The van der Waals surface area contributed by atoms with Crippen LogP contribution in [0.3, 0.4) is 0 Å². The van der Waals surface area contributed by atoms with Crippen molar-refractivity contribution in [3.8, 4) is 0 Å². The molecular weight excluding hydrogens is 344 g/mol. The summed E-state index contributed by atoms with van der Waals surface area (Å²) in [6.07, 6.45) is 0.156. The molecule has 1 saturated heterocycles. The molecule has 2 aromatic carbocycles. The monoisotopic (exact) mass is 368 g/mol. The van der Waals surface area contributed by atoms with Gasteiger partial charge in [-0.15, -0.1) is 0 Å². The second-order valence-electron chi connectivity index (χ2n) is 6.34. The average Bonchev–Trinajstić information content (AvgIpc) is 2.73. The van der Waals surface area contributed by atoms with Crippen LogP contribution in [0.25, 0.3) is 0 Å². The van der Waals surface area contributed by atoms with E-state index in [2.05, 4.69) is 10.2 Å². The van der Waals surface area contributed by atoms with Gasteiger partial charge >= 0.3 is 5.97 Å². The summed E-state index contributed by atoms with van der Waals surface area (Å²) in [5, 5.41) is 2.81. The maximum absolute atomic E-state index is 12.0. The van der Waals surface area contributed by atoms with Crippen molar-refractivity contribution in [2.45, 2.75) is 19.4 Å². The lowest BCUT2D eigenvalue weighted by Gasteiger charge is -2.28. The van der Waals surface area contributed by atoms with Gasteiger partial charge in [-0.2, -0.15) is 0 Å². The van der Waals surface area contributed by atoms with Gasteiger partial charge in [-0.25, -0.2) is 0 Å². The number of ether oxygens (including phenoxy) is 2. The minimum atomic E-state index is -0.378. The Kier molecular flexibility index (Phi) is 6.82. The molecule has 1 heterocycles. The SMILES string of the molecule is O=C(CCC(=O)OCc1ccccc1)Nc1ccc(N2CCOCC2)cc1. The maximum Gasteiger partial charge on any atom is 0.306 e. The Morgan fingerprint density at radius 3 is 2.37 bits per heavy atom. The highest BCUT2D eigenvalue weighted by atomic mass is 16.5. The Hall–Kier alpha value is -2.86. The van der Waals surface area contributed by atoms with Gasteiger partial charge in [0.25, 0.3) is 0 Å². The molecule has 1 amide bonds. The molecular formula is C21H24N2O4. The molecule has 6 nitrogen and oxygen atoms in total. The van der Waals surface area contributed by atoms with Gasteiger partial charge in [0.1, 0.15) is 6.61 Å². The van der Waals surface area contributed by atoms with Gasteiger partial charge in [-0.05, 0) is 29.8 Å². The van der Waals surface area contributed by atoms with E-state index in [9.17, 15) is 9.59 Å². The number of benzene rings is 2. The van der Waals surface area contributed by atoms with E-state index in [0.29, 0.717) is 0 Å². The Balaban J connectivity index is 1.39. The number of anilines is 2. The summed E-state index contributed by atoms with van der Waals surface area (Å²) in [6.45, 7) is 3.44. The molecule has 0 spiro atoms. The third-order valence-corrected chi connectivity index (χ3v) is 4.33. The first-order valence-corrected chi connectivity index (χ1v) is 9.13. The average molecular weight is 368 g/mol. The van der Waals surface area contributed by atoms with Crippen LogP contribution in [-0.4, -0.2) is 38.2 Å². The number of amides is 1. The lowest BCUT2D eigenvalue weighted by molar-refractivity contribution is -0.145. The molecule has 0 unspecified atom stereocenters. The first-order valence-electron chi connectivity index (χ1n) is 9.13. The number of hydrogen-bond donors (Lipinski definition) is 1. The van der Waals surface area contributed by atoms with E-state index in [1.165, 1.54) is 0 Å². The van der Waals surface area contributed by atoms with E-state index < -0.39 is 0 Å². The van der Waals surface area contributed by atoms with Crippen molar-refractivity contribution in [3.63, 3.8) is 0 Å². The van der Waals surface area contributed by atoms with Crippen LogP contribution in [0, 0.1) is 0 Å². The molecule has 0 bridgehead atoms. The third kappa shape index (κ3) is 6.11. The van der Waals surface area contributed by atoms with E-state index in [0.717, 1.165) is 43.2 Å². The summed E-state index contributed by atoms with van der Waals surface area (Å²) < 4.78 is 10.5. The maximum atomic E-state index is 12.0. The Morgan fingerprint density at radius 1 is 0.963 bits per heavy atom. The fraction of sp³-hybridized carbons (Fsp3) is 0.333. The smallest absolute Gasteiger partial charge is 0.306 e. The molecule has 2 aromatic rings. The Bertz CT molecular complexity index is 741. The summed E-state index contributed by atoms with van der Waals surface area (Å²) in [5.74, 6) is -0.581. The number of hydrogen-bond acceptors (Lipinski definition) is 5. The van der Waals surface area contributed by atoms with Crippen molar-refractivity contribution in [1.82, 2.24) is 0 Å². The molecule has 6 heteroatoms. The lowest BCUT2D eigenvalue weighted by Crippen LogP contribution is -2.36. The van der Waals surface area contributed by atoms with Crippen molar-refractivity contribution >= 4 is 23.3 Å². The second kappa shape index (κ2) is 9.73. The Morgan fingerprint density at radius 2 is 1.67 bits per heavy atom. The quantitative estimate of drug-likeness (QED) is 0.761. The van der Waals surface area contributed by atoms with Crippen molar-refractivity contribution in [2.75, 3.05) is 36.5 Å². The van der Waals surface area contributed by atoms with Gasteiger partial charge in [0.2, 0.25) is 5.91 Å². The van der Waals surface area contributed by atoms with Gasteiger partial charge in [0.05, 0.1) is 19.6 Å².